The Labute approximate surface area is 381 Å². The summed E-state index contributed by atoms with van der Waals surface area (Å²) < 4.78 is 139. The van der Waals surface area contributed by atoms with Gasteiger partial charge in [-0.25, -0.2) is 0 Å². The molecule has 67 heavy (non-hydrogen) atoms. The summed E-state index contributed by atoms with van der Waals surface area (Å²) in [4.78, 5) is 4.04. The van der Waals surface area contributed by atoms with Crippen LogP contribution in [0, 0.1) is 0 Å². The third-order valence-corrected chi connectivity index (χ3v) is 13.2. The molecule has 1 aliphatic carbocycles. The molecule has 0 bridgehead atoms. The number of alkyl halides is 6. The molecule has 0 N–H and O–H groups in total. The molecule has 8 nitrogen and oxygen atoms in total. The molecule has 9 rings (SSSR count). The predicted octanol–water partition coefficient (Wildman–Crippen LogP) is 13.4. The summed E-state index contributed by atoms with van der Waals surface area (Å²) >= 11 is 0. The number of para-hydroxylation sites is 4. The summed E-state index contributed by atoms with van der Waals surface area (Å²) in [5.41, 5.74) is -5.12. The molecule has 0 fully saturated rings. The highest BCUT2D eigenvalue weighted by molar-refractivity contribution is 7.88. The van der Waals surface area contributed by atoms with Gasteiger partial charge in [-0.15, -0.1) is 0 Å². The molecular weight excluding hydrogens is 915 g/mol. The maximum Gasteiger partial charge on any atom is 0.534 e. The van der Waals surface area contributed by atoms with E-state index in [-0.39, 0.29) is 0 Å². The van der Waals surface area contributed by atoms with Crippen LogP contribution in [0.2, 0.25) is 0 Å². The Morgan fingerprint density at radius 2 is 0.642 bits per heavy atom. The van der Waals surface area contributed by atoms with Crippen LogP contribution in [0.1, 0.15) is 22.3 Å². The Morgan fingerprint density at radius 1 is 0.358 bits per heavy atom. The number of nitrogens with zero attached hydrogens (tertiary/aromatic N) is 2. The Bertz CT molecular complexity index is 2990. The molecule has 338 valence electrons. The molecule has 8 aromatic rings. The minimum atomic E-state index is -6.07. The monoisotopic (exact) mass is 948 g/mol. The van der Waals surface area contributed by atoms with Crippen LogP contribution in [0.4, 0.5) is 60.5 Å². The fraction of sp³-hybridized carbons (Fsp3) is 0.0588. The third kappa shape index (κ3) is 8.23. The molecule has 0 aromatic heterocycles. The second-order valence-corrected chi connectivity index (χ2v) is 18.3. The van der Waals surface area contributed by atoms with Gasteiger partial charge < -0.3 is 18.2 Å². The van der Waals surface area contributed by atoms with Crippen molar-refractivity contribution in [2.75, 3.05) is 9.80 Å². The maximum absolute atomic E-state index is 13.5. The van der Waals surface area contributed by atoms with Gasteiger partial charge in [0.25, 0.3) is 0 Å². The number of benzene rings is 8. The zero-order valence-corrected chi connectivity index (χ0v) is 36.2. The molecule has 0 spiro atoms. The molecule has 0 saturated carbocycles. The third-order valence-electron chi connectivity index (χ3n) is 11.2. The summed E-state index contributed by atoms with van der Waals surface area (Å²) in [6.45, 7) is 0. The Balaban J connectivity index is 1.34. The lowest BCUT2D eigenvalue weighted by atomic mass is 9.67. The van der Waals surface area contributed by atoms with Crippen molar-refractivity contribution in [2.45, 2.75) is 16.4 Å². The molecule has 0 radical (unpaired) electrons. The zero-order valence-electron chi connectivity index (χ0n) is 34.6. The summed E-state index contributed by atoms with van der Waals surface area (Å²) in [6, 6.07) is 59.6. The first-order valence-corrected chi connectivity index (χ1v) is 23.1. The first-order chi connectivity index (χ1) is 32.0. The fourth-order valence-corrected chi connectivity index (χ4v) is 9.36. The normalized spacial score (nSPS) is 13.3. The summed E-state index contributed by atoms with van der Waals surface area (Å²) in [5, 5.41) is 0. The minimum absolute atomic E-state index is 0.368. The van der Waals surface area contributed by atoms with Crippen molar-refractivity contribution in [2.24, 2.45) is 0 Å². The number of fused-ring (bicyclic) bond motifs is 3. The minimum Gasteiger partial charge on any atom is -0.376 e. The summed E-state index contributed by atoms with van der Waals surface area (Å²) in [7, 11) is -12.1. The van der Waals surface area contributed by atoms with Crippen LogP contribution in [-0.2, 0) is 25.7 Å². The zero-order chi connectivity index (χ0) is 47.2. The second-order valence-electron chi connectivity index (χ2n) is 15.2. The van der Waals surface area contributed by atoms with Gasteiger partial charge in [0.05, 0.1) is 5.41 Å². The highest BCUT2D eigenvalue weighted by Gasteiger charge is 2.51. The van der Waals surface area contributed by atoms with Crippen molar-refractivity contribution in [3.8, 4) is 22.6 Å². The number of rotatable bonds is 12. The molecule has 0 atom stereocenters. The molecule has 0 heterocycles. The van der Waals surface area contributed by atoms with E-state index in [2.05, 4.69) is 8.37 Å². The smallest absolute Gasteiger partial charge is 0.376 e. The average molecular weight is 949 g/mol. The molecule has 0 aliphatic heterocycles. The van der Waals surface area contributed by atoms with E-state index in [9.17, 15) is 43.2 Å². The van der Waals surface area contributed by atoms with Gasteiger partial charge in [-0.3, -0.25) is 0 Å². The van der Waals surface area contributed by atoms with Crippen molar-refractivity contribution in [3.05, 3.63) is 229 Å². The van der Waals surface area contributed by atoms with E-state index < -0.39 is 48.2 Å². The fourth-order valence-electron chi connectivity index (χ4n) is 8.44. The van der Waals surface area contributed by atoms with E-state index in [1.165, 1.54) is 24.3 Å². The van der Waals surface area contributed by atoms with Gasteiger partial charge in [-0.2, -0.15) is 43.2 Å². The lowest BCUT2D eigenvalue weighted by molar-refractivity contribution is -0.0504. The standard InChI is InChI=1S/C51H34F6N2O6S2/c52-50(53,54)66(60,61)64-43-27-21-35(22-28-43)49(36-23-29-44(30-24-36)65-67(62,63)51(55,56)57)47-33-41(58(37-13-5-1-6-14-37)38-15-7-2-8-16-38)25-31-45(47)46-32-26-42(34-48(46)49)59(39-17-9-3-10-18-39)40-19-11-4-12-20-40/h1-34H. The molecule has 0 amide bonds. The number of hydrogen-bond acceptors (Lipinski definition) is 8. The largest absolute Gasteiger partial charge is 0.534 e. The van der Waals surface area contributed by atoms with Gasteiger partial charge >= 0.3 is 31.3 Å². The van der Waals surface area contributed by atoms with Gasteiger partial charge in [0.2, 0.25) is 0 Å². The second kappa shape index (κ2) is 17.0. The van der Waals surface area contributed by atoms with E-state index >= 15 is 0 Å². The highest BCUT2D eigenvalue weighted by Crippen LogP contribution is 2.59. The topological polar surface area (TPSA) is 93.2 Å². The molecule has 0 unspecified atom stereocenters. The van der Waals surface area contributed by atoms with E-state index in [1.54, 1.807) is 0 Å². The highest BCUT2D eigenvalue weighted by atomic mass is 32.2. The van der Waals surface area contributed by atoms with Crippen molar-refractivity contribution in [3.63, 3.8) is 0 Å². The lowest BCUT2D eigenvalue weighted by Gasteiger charge is -2.36. The van der Waals surface area contributed by atoms with E-state index in [4.69, 9.17) is 0 Å². The number of halogens is 6. The van der Waals surface area contributed by atoms with Crippen LogP contribution >= 0.6 is 0 Å². The van der Waals surface area contributed by atoms with E-state index in [1.807, 2.05) is 168 Å². The van der Waals surface area contributed by atoms with Crippen molar-refractivity contribution in [1.29, 1.82) is 0 Å². The van der Waals surface area contributed by atoms with Crippen LogP contribution in [-0.4, -0.2) is 27.9 Å². The summed E-state index contributed by atoms with van der Waals surface area (Å²) in [5.74, 6) is -1.28. The predicted molar refractivity (Wildman–Crippen MR) is 244 cm³/mol. The molecule has 0 saturated heterocycles. The maximum atomic E-state index is 13.5. The van der Waals surface area contributed by atoms with Crippen molar-refractivity contribution < 1.29 is 51.5 Å². The van der Waals surface area contributed by atoms with Crippen molar-refractivity contribution >= 4 is 54.4 Å². The van der Waals surface area contributed by atoms with Crippen molar-refractivity contribution in [1.82, 2.24) is 0 Å². The van der Waals surface area contributed by atoms with E-state index in [0.29, 0.717) is 44.8 Å². The SMILES string of the molecule is O=S(=O)(Oc1ccc(C2(c3ccc(OS(=O)(=O)C(F)(F)F)cc3)c3cc(N(c4ccccc4)c4ccccc4)ccc3-c3ccc(N(c4ccccc4)c4ccccc4)cc32)cc1)C(F)(F)F. The first kappa shape index (κ1) is 44.6. The summed E-state index contributed by atoms with van der Waals surface area (Å²) in [6.07, 6.45) is 0. The van der Waals surface area contributed by atoms with E-state index in [0.717, 1.165) is 47.0 Å². The van der Waals surface area contributed by atoms with Gasteiger partial charge in [0.15, 0.2) is 0 Å². The Morgan fingerprint density at radius 3 is 0.910 bits per heavy atom. The lowest BCUT2D eigenvalue weighted by Crippen LogP contribution is -2.30. The average Bonchev–Trinajstić information content (AvgIpc) is 3.60. The Hall–Kier alpha value is -7.56. The molecule has 8 aromatic carbocycles. The van der Waals surface area contributed by atoms with Crippen LogP contribution in [0.15, 0.2) is 206 Å². The van der Waals surface area contributed by atoms with Gasteiger partial charge in [0, 0.05) is 34.1 Å². The first-order valence-electron chi connectivity index (χ1n) is 20.3. The molecule has 16 heteroatoms. The quantitative estimate of drug-likeness (QED) is 0.0679. The van der Waals surface area contributed by atoms with Crippen LogP contribution in [0.5, 0.6) is 11.5 Å². The van der Waals surface area contributed by atoms with Crippen LogP contribution < -0.4 is 18.2 Å². The number of anilines is 6. The van der Waals surface area contributed by atoms with Gasteiger partial charge in [-0.1, -0.05) is 109 Å². The van der Waals surface area contributed by atoms with Crippen LogP contribution in [0.3, 0.4) is 0 Å². The molecular formula is C51H34F6N2O6S2. The Kier molecular flexibility index (Phi) is 11.3. The number of hydrogen-bond donors (Lipinski definition) is 0. The van der Waals surface area contributed by atoms with Gasteiger partial charge in [0.1, 0.15) is 11.5 Å². The molecule has 1 aliphatic rings. The van der Waals surface area contributed by atoms with Gasteiger partial charge in [-0.05, 0) is 130 Å². The van der Waals surface area contributed by atoms with Crippen LogP contribution in [0.25, 0.3) is 11.1 Å².